The summed E-state index contributed by atoms with van der Waals surface area (Å²) in [5.74, 6) is -0.129. The van der Waals surface area contributed by atoms with Crippen molar-refractivity contribution in [2.24, 2.45) is 7.05 Å². The Morgan fingerprint density at radius 1 is 1.39 bits per heavy atom. The predicted octanol–water partition coefficient (Wildman–Crippen LogP) is 3.39. The highest BCUT2D eigenvalue weighted by Gasteiger charge is 2.17. The Morgan fingerprint density at radius 2 is 2.09 bits per heavy atom. The van der Waals surface area contributed by atoms with Crippen molar-refractivity contribution in [2.45, 2.75) is 26.4 Å². The third-order valence-electron chi connectivity index (χ3n) is 3.61. The highest BCUT2D eigenvalue weighted by Crippen LogP contribution is 2.20. The molecule has 23 heavy (non-hydrogen) atoms. The lowest BCUT2D eigenvalue weighted by atomic mass is 10.1. The van der Waals surface area contributed by atoms with Crippen LogP contribution in [0.5, 0.6) is 0 Å². The Balaban J connectivity index is 1.72. The fourth-order valence-electron chi connectivity index (χ4n) is 2.32. The zero-order chi connectivity index (χ0) is 16.8. The van der Waals surface area contributed by atoms with Crippen LogP contribution in [0.25, 0.3) is 0 Å². The van der Waals surface area contributed by atoms with E-state index in [4.69, 9.17) is 4.74 Å². The molecule has 1 amide bonds. The van der Waals surface area contributed by atoms with Gasteiger partial charge < -0.3 is 10.1 Å². The van der Waals surface area contributed by atoms with Crippen LogP contribution >= 0.6 is 15.9 Å². The number of nitrogens with one attached hydrogen (secondary N) is 1. The standard InChI is InChI=1S/C17H22BrN3O2/c1-12-15(18)16(21(3)20-12)17(22)19-10-7-11-23-13(2)14-8-5-4-6-9-14/h4-6,8-9,13H,7,10-11H2,1-3H3,(H,19,22)/t13-/m0/s1. The molecule has 1 heterocycles. The highest BCUT2D eigenvalue weighted by molar-refractivity contribution is 9.10. The van der Waals surface area contributed by atoms with Gasteiger partial charge in [0, 0.05) is 20.2 Å². The van der Waals surface area contributed by atoms with E-state index in [1.54, 1.807) is 11.7 Å². The van der Waals surface area contributed by atoms with Crippen LogP contribution in [0, 0.1) is 6.92 Å². The first kappa shape index (κ1) is 17.7. The lowest BCUT2D eigenvalue weighted by Gasteiger charge is -2.13. The van der Waals surface area contributed by atoms with Crippen molar-refractivity contribution in [3.8, 4) is 0 Å². The summed E-state index contributed by atoms with van der Waals surface area (Å²) >= 11 is 3.40. The number of aryl methyl sites for hydroxylation is 2. The third kappa shape index (κ3) is 4.65. The summed E-state index contributed by atoms with van der Waals surface area (Å²) < 4.78 is 8.12. The van der Waals surface area contributed by atoms with Crippen LogP contribution in [0.1, 0.15) is 41.2 Å². The summed E-state index contributed by atoms with van der Waals surface area (Å²) in [6.45, 7) is 5.06. The number of carbonyl (C=O) groups is 1. The van der Waals surface area contributed by atoms with Crippen molar-refractivity contribution in [1.82, 2.24) is 15.1 Å². The van der Waals surface area contributed by atoms with E-state index in [2.05, 4.69) is 38.5 Å². The van der Waals surface area contributed by atoms with E-state index in [1.165, 1.54) is 0 Å². The van der Waals surface area contributed by atoms with Gasteiger partial charge in [-0.25, -0.2) is 0 Å². The minimum absolute atomic E-state index is 0.0563. The summed E-state index contributed by atoms with van der Waals surface area (Å²) in [7, 11) is 1.76. The molecule has 0 aliphatic rings. The van der Waals surface area contributed by atoms with Gasteiger partial charge in [-0.2, -0.15) is 5.10 Å². The van der Waals surface area contributed by atoms with Crippen LogP contribution in [-0.2, 0) is 11.8 Å². The summed E-state index contributed by atoms with van der Waals surface area (Å²) in [6.07, 6.45) is 0.818. The third-order valence-corrected chi connectivity index (χ3v) is 4.56. The molecule has 1 aromatic heterocycles. The Labute approximate surface area is 145 Å². The molecule has 0 saturated carbocycles. The number of amides is 1. The van der Waals surface area contributed by atoms with Gasteiger partial charge in [-0.1, -0.05) is 30.3 Å². The fourth-order valence-corrected chi connectivity index (χ4v) is 2.83. The van der Waals surface area contributed by atoms with Gasteiger partial charge in [-0.3, -0.25) is 9.48 Å². The number of carbonyl (C=O) groups excluding carboxylic acids is 1. The second kappa shape index (κ2) is 8.26. The Hall–Kier alpha value is -1.66. The molecule has 0 saturated heterocycles. The summed E-state index contributed by atoms with van der Waals surface area (Å²) in [5, 5.41) is 7.11. The Bertz CT molecular complexity index is 655. The molecular formula is C17H22BrN3O2. The number of benzene rings is 1. The van der Waals surface area contributed by atoms with E-state index in [9.17, 15) is 4.79 Å². The topological polar surface area (TPSA) is 56.2 Å². The van der Waals surface area contributed by atoms with Gasteiger partial charge in [-0.15, -0.1) is 0 Å². The van der Waals surface area contributed by atoms with Crippen molar-refractivity contribution in [1.29, 1.82) is 0 Å². The smallest absolute Gasteiger partial charge is 0.270 e. The molecule has 0 aliphatic carbocycles. The van der Waals surface area contributed by atoms with Crippen molar-refractivity contribution >= 4 is 21.8 Å². The number of hydrogen-bond acceptors (Lipinski definition) is 3. The fraction of sp³-hybridized carbons (Fsp3) is 0.412. The van der Waals surface area contributed by atoms with Crippen LogP contribution in [0.2, 0.25) is 0 Å². The van der Waals surface area contributed by atoms with Crippen LogP contribution < -0.4 is 5.32 Å². The van der Waals surface area contributed by atoms with Gasteiger partial charge in [0.15, 0.2) is 0 Å². The van der Waals surface area contributed by atoms with Gasteiger partial charge in [0.25, 0.3) is 5.91 Å². The van der Waals surface area contributed by atoms with Crippen LogP contribution in [-0.4, -0.2) is 28.8 Å². The molecule has 0 unspecified atom stereocenters. The SMILES string of the molecule is Cc1nn(C)c(C(=O)NCCCO[C@@H](C)c2ccccc2)c1Br. The minimum atomic E-state index is -0.129. The van der Waals surface area contributed by atoms with Crippen LogP contribution in [0.4, 0.5) is 0 Å². The second-order valence-corrected chi connectivity index (χ2v) is 6.20. The highest BCUT2D eigenvalue weighted by atomic mass is 79.9. The lowest BCUT2D eigenvalue weighted by molar-refractivity contribution is 0.0634. The predicted molar refractivity (Wildman–Crippen MR) is 93.4 cm³/mol. The molecule has 1 aromatic carbocycles. The number of ether oxygens (including phenoxy) is 1. The summed E-state index contributed by atoms with van der Waals surface area (Å²) in [5.41, 5.74) is 2.50. The van der Waals surface area contributed by atoms with E-state index in [0.29, 0.717) is 18.8 Å². The van der Waals surface area contributed by atoms with E-state index in [0.717, 1.165) is 22.2 Å². The molecule has 1 N–H and O–H groups in total. The van der Waals surface area contributed by atoms with Gasteiger partial charge in [0.1, 0.15) is 5.69 Å². The number of hydrogen-bond donors (Lipinski definition) is 1. The first-order chi connectivity index (χ1) is 11.0. The van der Waals surface area contributed by atoms with E-state index in [1.807, 2.05) is 32.0 Å². The van der Waals surface area contributed by atoms with E-state index >= 15 is 0 Å². The molecule has 0 bridgehead atoms. The molecule has 0 spiro atoms. The molecule has 124 valence electrons. The largest absolute Gasteiger partial charge is 0.374 e. The van der Waals surface area contributed by atoms with Crippen LogP contribution in [0.15, 0.2) is 34.8 Å². The molecule has 1 atom stereocenters. The zero-order valence-corrected chi connectivity index (χ0v) is 15.3. The normalized spacial score (nSPS) is 12.2. The van der Waals surface area contributed by atoms with Crippen molar-refractivity contribution < 1.29 is 9.53 Å². The minimum Gasteiger partial charge on any atom is -0.374 e. The lowest BCUT2D eigenvalue weighted by Crippen LogP contribution is -2.27. The molecule has 0 fully saturated rings. The second-order valence-electron chi connectivity index (χ2n) is 5.40. The van der Waals surface area contributed by atoms with Gasteiger partial charge in [-0.05, 0) is 41.8 Å². The first-order valence-electron chi connectivity index (χ1n) is 7.64. The number of nitrogens with zero attached hydrogens (tertiary/aromatic N) is 2. The molecule has 5 nitrogen and oxygen atoms in total. The maximum atomic E-state index is 12.2. The maximum absolute atomic E-state index is 12.2. The maximum Gasteiger partial charge on any atom is 0.270 e. The Morgan fingerprint density at radius 3 is 2.70 bits per heavy atom. The van der Waals surface area contributed by atoms with Crippen molar-refractivity contribution in [3.05, 3.63) is 51.8 Å². The summed E-state index contributed by atoms with van der Waals surface area (Å²) in [6, 6.07) is 10.1. The van der Waals surface area contributed by atoms with Gasteiger partial charge >= 0.3 is 0 Å². The quantitative estimate of drug-likeness (QED) is 0.750. The number of rotatable bonds is 7. The van der Waals surface area contributed by atoms with Crippen LogP contribution in [0.3, 0.4) is 0 Å². The molecule has 2 rings (SSSR count). The van der Waals surface area contributed by atoms with E-state index in [-0.39, 0.29) is 12.0 Å². The summed E-state index contributed by atoms with van der Waals surface area (Å²) in [4.78, 5) is 12.2. The first-order valence-corrected chi connectivity index (χ1v) is 8.44. The Kier molecular flexibility index (Phi) is 6.36. The number of aromatic nitrogens is 2. The van der Waals surface area contributed by atoms with E-state index < -0.39 is 0 Å². The molecule has 0 radical (unpaired) electrons. The van der Waals surface area contributed by atoms with Gasteiger partial charge in [0.2, 0.25) is 0 Å². The molecular weight excluding hydrogens is 358 g/mol. The average molecular weight is 380 g/mol. The molecule has 6 heteroatoms. The number of halogens is 1. The van der Waals surface area contributed by atoms with Crippen molar-refractivity contribution in [2.75, 3.05) is 13.2 Å². The monoisotopic (exact) mass is 379 g/mol. The average Bonchev–Trinajstić information content (AvgIpc) is 2.80. The van der Waals surface area contributed by atoms with Crippen molar-refractivity contribution in [3.63, 3.8) is 0 Å². The zero-order valence-electron chi connectivity index (χ0n) is 13.7. The molecule has 2 aromatic rings. The van der Waals surface area contributed by atoms with Gasteiger partial charge in [0.05, 0.1) is 16.3 Å². The molecule has 0 aliphatic heterocycles.